The van der Waals surface area contributed by atoms with Gasteiger partial charge >= 0.3 is 0 Å². The largest absolute Gasteiger partial charge is 0.334 e. The average Bonchev–Trinajstić information content (AvgIpc) is 2.87. The molecule has 0 spiro atoms. The molecule has 0 bridgehead atoms. The molecule has 20 heavy (non-hydrogen) atoms. The molecule has 0 saturated carbocycles. The molecule has 5 nitrogen and oxygen atoms in total. The number of hydrogen-bond acceptors (Lipinski definition) is 5. The van der Waals surface area contributed by atoms with E-state index in [4.69, 9.17) is 4.52 Å². The number of nitrogens with one attached hydrogen (secondary N) is 1. The predicted octanol–water partition coefficient (Wildman–Crippen LogP) is 1.59. The van der Waals surface area contributed by atoms with Gasteiger partial charge in [-0.1, -0.05) is 5.16 Å². The Morgan fingerprint density at radius 1 is 1.30 bits per heavy atom. The van der Waals surface area contributed by atoms with Crippen molar-refractivity contribution in [2.75, 3.05) is 26.7 Å². The summed E-state index contributed by atoms with van der Waals surface area (Å²) in [7, 11) is 1.98. The van der Waals surface area contributed by atoms with Gasteiger partial charge in [-0.3, -0.25) is 4.90 Å². The monoisotopic (exact) mass is 280 g/mol. The molecule has 1 aromatic heterocycles. The van der Waals surface area contributed by atoms with Crippen LogP contribution in [0.2, 0.25) is 0 Å². The lowest BCUT2D eigenvalue weighted by molar-refractivity contribution is 0.190. The van der Waals surface area contributed by atoms with Crippen molar-refractivity contribution in [3.8, 4) is 11.5 Å². The molecule has 2 aromatic rings. The van der Waals surface area contributed by atoms with Crippen molar-refractivity contribution in [2.24, 2.45) is 0 Å². The van der Waals surface area contributed by atoms with Gasteiger partial charge in [-0.15, -0.1) is 0 Å². The summed E-state index contributed by atoms with van der Waals surface area (Å²) in [4.78, 5) is 6.35. The van der Waals surface area contributed by atoms with Gasteiger partial charge < -0.3 is 9.84 Å². The fourth-order valence-electron chi connectivity index (χ4n) is 2.26. The van der Waals surface area contributed by atoms with E-state index in [1.165, 1.54) is 12.1 Å². The third-order valence-electron chi connectivity index (χ3n) is 3.36. The Morgan fingerprint density at radius 3 is 2.75 bits per heavy atom. The zero-order chi connectivity index (χ0) is 14.1. The number of halogens is 2. The maximum Gasteiger partial charge on any atom is 0.258 e. The molecule has 7 heteroatoms. The minimum absolute atomic E-state index is 0.000318. The summed E-state index contributed by atoms with van der Waals surface area (Å²) in [6.45, 7) is 2.50. The van der Waals surface area contributed by atoms with Crippen molar-refractivity contribution >= 4 is 0 Å². The summed E-state index contributed by atoms with van der Waals surface area (Å²) in [6.07, 6.45) is 0. The molecule has 2 heterocycles. The van der Waals surface area contributed by atoms with Crippen molar-refractivity contribution in [3.63, 3.8) is 0 Å². The smallest absolute Gasteiger partial charge is 0.258 e. The third kappa shape index (κ3) is 2.54. The van der Waals surface area contributed by atoms with E-state index in [1.807, 2.05) is 7.05 Å². The SMILES string of the molecule is CN1CCNCC1c1noc(-c2cc(F)cc(F)c2)n1. The third-order valence-corrected chi connectivity index (χ3v) is 3.36. The fourth-order valence-corrected chi connectivity index (χ4v) is 2.26. The van der Waals surface area contributed by atoms with Crippen LogP contribution in [-0.2, 0) is 0 Å². The first-order valence-corrected chi connectivity index (χ1v) is 6.34. The Morgan fingerprint density at radius 2 is 2.05 bits per heavy atom. The van der Waals surface area contributed by atoms with Crippen LogP contribution in [-0.4, -0.2) is 41.7 Å². The molecule has 1 N–H and O–H groups in total. The number of aromatic nitrogens is 2. The summed E-state index contributed by atoms with van der Waals surface area (Å²) in [5, 5.41) is 7.16. The molecule has 0 radical (unpaired) electrons. The Bertz CT molecular complexity index is 596. The topological polar surface area (TPSA) is 54.2 Å². The van der Waals surface area contributed by atoms with Crippen LogP contribution in [0.4, 0.5) is 8.78 Å². The van der Waals surface area contributed by atoms with Crippen LogP contribution < -0.4 is 5.32 Å². The Hall–Kier alpha value is -1.86. The molecule has 1 unspecified atom stereocenters. The summed E-state index contributed by atoms with van der Waals surface area (Å²) >= 11 is 0. The van der Waals surface area contributed by atoms with Gasteiger partial charge in [0.15, 0.2) is 5.82 Å². The van der Waals surface area contributed by atoms with Gasteiger partial charge in [0.1, 0.15) is 11.6 Å². The second-order valence-corrected chi connectivity index (χ2v) is 4.82. The second-order valence-electron chi connectivity index (χ2n) is 4.82. The van der Waals surface area contributed by atoms with Crippen LogP contribution in [0, 0.1) is 11.6 Å². The van der Waals surface area contributed by atoms with Gasteiger partial charge in [-0.25, -0.2) is 8.78 Å². The minimum atomic E-state index is -0.670. The molecule has 1 fully saturated rings. The summed E-state index contributed by atoms with van der Waals surface area (Å²) in [5.74, 6) is -0.704. The number of hydrogen-bond donors (Lipinski definition) is 1. The normalized spacial score (nSPS) is 20.2. The van der Waals surface area contributed by atoms with E-state index in [2.05, 4.69) is 20.4 Å². The lowest BCUT2D eigenvalue weighted by atomic mass is 10.2. The Labute approximate surface area is 114 Å². The predicted molar refractivity (Wildman–Crippen MR) is 67.9 cm³/mol. The maximum atomic E-state index is 13.2. The van der Waals surface area contributed by atoms with Crippen LogP contribution in [0.15, 0.2) is 22.7 Å². The second kappa shape index (κ2) is 5.26. The highest BCUT2D eigenvalue weighted by molar-refractivity contribution is 5.52. The molecule has 1 aromatic carbocycles. The Balaban J connectivity index is 1.89. The molecule has 1 aliphatic rings. The molecule has 3 rings (SSSR count). The molecule has 106 valence electrons. The molecule has 1 atom stereocenters. The van der Waals surface area contributed by atoms with E-state index in [0.717, 1.165) is 19.2 Å². The standard InChI is InChI=1S/C13H14F2N4O/c1-19-3-2-16-7-11(19)12-17-13(20-18-12)8-4-9(14)6-10(15)5-8/h4-6,11,16H,2-3,7H2,1H3. The van der Waals surface area contributed by atoms with Gasteiger partial charge in [0.2, 0.25) is 0 Å². The molecular formula is C13H14F2N4O. The van der Waals surface area contributed by atoms with Gasteiger partial charge in [-0.05, 0) is 19.2 Å². The molecule has 0 amide bonds. The first kappa shape index (κ1) is 13.1. The number of piperazine rings is 1. The summed E-state index contributed by atoms with van der Waals surface area (Å²) in [6, 6.07) is 3.14. The van der Waals surface area contributed by atoms with Crippen LogP contribution in [0.5, 0.6) is 0 Å². The van der Waals surface area contributed by atoms with E-state index in [9.17, 15) is 8.78 Å². The first-order valence-electron chi connectivity index (χ1n) is 6.34. The van der Waals surface area contributed by atoms with Crippen LogP contribution in [0.3, 0.4) is 0 Å². The summed E-state index contributed by atoms with van der Waals surface area (Å²) < 4.78 is 31.5. The Kier molecular flexibility index (Phi) is 3.45. The number of rotatable bonds is 2. The van der Waals surface area contributed by atoms with Gasteiger partial charge in [-0.2, -0.15) is 4.98 Å². The fraction of sp³-hybridized carbons (Fsp3) is 0.385. The summed E-state index contributed by atoms with van der Waals surface area (Å²) in [5.41, 5.74) is 0.243. The number of likely N-dealkylation sites (N-methyl/N-ethyl adjacent to an activating group) is 1. The van der Waals surface area contributed by atoms with E-state index in [1.54, 1.807) is 0 Å². The first-order chi connectivity index (χ1) is 9.63. The molecule has 1 saturated heterocycles. The van der Waals surface area contributed by atoms with Crippen molar-refractivity contribution < 1.29 is 13.3 Å². The van der Waals surface area contributed by atoms with Crippen molar-refractivity contribution in [3.05, 3.63) is 35.7 Å². The van der Waals surface area contributed by atoms with Gasteiger partial charge in [0.25, 0.3) is 5.89 Å². The number of benzene rings is 1. The number of nitrogens with zero attached hydrogens (tertiary/aromatic N) is 3. The molecule has 1 aliphatic heterocycles. The molecular weight excluding hydrogens is 266 g/mol. The van der Waals surface area contributed by atoms with E-state index >= 15 is 0 Å². The average molecular weight is 280 g/mol. The van der Waals surface area contributed by atoms with Crippen molar-refractivity contribution in [2.45, 2.75) is 6.04 Å². The van der Waals surface area contributed by atoms with E-state index in [-0.39, 0.29) is 17.5 Å². The van der Waals surface area contributed by atoms with Crippen LogP contribution in [0.25, 0.3) is 11.5 Å². The van der Waals surface area contributed by atoms with Gasteiger partial charge in [0.05, 0.1) is 6.04 Å². The van der Waals surface area contributed by atoms with E-state index < -0.39 is 11.6 Å². The van der Waals surface area contributed by atoms with Crippen molar-refractivity contribution in [1.29, 1.82) is 0 Å². The molecule has 0 aliphatic carbocycles. The quantitative estimate of drug-likeness (QED) is 0.905. The lowest BCUT2D eigenvalue weighted by Gasteiger charge is -2.30. The highest BCUT2D eigenvalue weighted by Gasteiger charge is 2.25. The lowest BCUT2D eigenvalue weighted by Crippen LogP contribution is -2.44. The highest BCUT2D eigenvalue weighted by Crippen LogP contribution is 2.23. The maximum absolute atomic E-state index is 13.2. The zero-order valence-corrected chi connectivity index (χ0v) is 10.9. The van der Waals surface area contributed by atoms with Crippen LogP contribution >= 0.6 is 0 Å². The van der Waals surface area contributed by atoms with E-state index in [0.29, 0.717) is 12.4 Å². The highest BCUT2D eigenvalue weighted by atomic mass is 19.1. The van der Waals surface area contributed by atoms with Crippen LogP contribution in [0.1, 0.15) is 11.9 Å². The zero-order valence-electron chi connectivity index (χ0n) is 10.9. The minimum Gasteiger partial charge on any atom is -0.334 e. The van der Waals surface area contributed by atoms with Crippen molar-refractivity contribution in [1.82, 2.24) is 20.4 Å². The van der Waals surface area contributed by atoms with Gasteiger partial charge in [0, 0.05) is 31.3 Å².